The number of hydrogen-bond acceptors (Lipinski definition) is 6. The summed E-state index contributed by atoms with van der Waals surface area (Å²) in [5.74, 6) is -6.58. The molecule has 1 amide bonds. The zero-order valence-corrected chi connectivity index (χ0v) is 21.6. The molecule has 0 bridgehead atoms. The summed E-state index contributed by atoms with van der Waals surface area (Å²) in [4.78, 5) is 24.2. The Kier molecular flexibility index (Phi) is 7.40. The van der Waals surface area contributed by atoms with E-state index in [1.165, 1.54) is 32.9 Å². The zero-order valence-electron chi connectivity index (χ0n) is 21.6. The number of aryl methyl sites for hydroxylation is 1. The summed E-state index contributed by atoms with van der Waals surface area (Å²) in [7, 11) is 0. The maximum Gasteiger partial charge on any atom is 0.312 e. The number of anilines is 1. The van der Waals surface area contributed by atoms with E-state index in [4.69, 9.17) is 9.05 Å². The molecule has 1 saturated carbocycles. The molecule has 0 unspecified atom stereocenters. The van der Waals surface area contributed by atoms with E-state index in [0.717, 1.165) is 18.9 Å². The Morgan fingerprint density at radius 1 is 1.16 bits per heavy atom. The first kappa shape index (κ1) is 27.4. The number of alkyl halides is 2. The highest BCUT2D eigenvalue weighted by atomic mass is 19.3. The van der Waals surface area contributed by atoms with Crippen molar-refractivity contribution < 1.29 is 36.9 Å². The van der Waals surface area contributed by atoms with E-state index < -0.39 is 40.7 Å². The van der Waals surface area contributed by atoms with Gasteiger partial charge in [-0.1, -0.05) is 37.2 Å². The molecule has 2 aromatic heterocycles. The van der Waals surface area contributed by atoms with Crippen LogP contribution in [-0.2, 0) is 15.5 Å². The molecule has 204 valence electrons. The van der Waals surface area contributed by atoms with Crippen LogP contribution in [0.1, 0.15) is 87.3 Å². The summed E-state index contributed by atoms with van der Waals surface area (Å²) in [5.41, 5.74) is 0.315. The molecular weight excluding hydrogens is 503 g/mol. The highest BCUT2D eigenvalue weighted by molar-refractivity contribution is 5.91. The van der Waals surface area contributed by atoms with Gasteiger partial charge in [0, 0.05) is 35.8 Å². The molecule has 3 aromatic rings. The molecule has 38 heavy (non-hydrogen) atoms. The summed E-state index contributed by atoms with van der Waals surface area (Å²) in [6.45, 7) is 5.88. The Morgan fingerprint density at radius 2 is 1.87 bits per heavy atom. The fourth-order valence-corrected chi connectivity index (χ4v) is 4.23. The first-order chi connectivity index (χ1) is 17.8. The molecule has 0 aliphatic heterocycles. The number of hydrogen-bond donors (Lipinski definition) is 2. The van der Waals surface area contributed by atoms with E-state index in [0.29, 0.717) is 16.8 Å². The number of carboxylic acid groups (broad SMARTS) is 1. The Morgan fingerprint density at radius 3 is 2.47 bits per heavy atom. The second-order valence-corrected chi connectivity index (χ2v) is 10.9. The highest BCUT2D eigenvalue weighted by Gasteiger charge is 2.49. The predicted molar refractivity (Wildman–Crippen MR) is 131 cm³/mol. The topological polar surface area (TPSA) is 118 Å². The van der Waals surface area contributed by atoms with Gasteiger partial charge in [-0.3, -0.25) is 9.59 Å². The van der Waals surface area contributed by atoms with E-state index in [-0.39, 0.29) is 42.3 Å². The minimum absolute atomic E-state index is 0.000501. The summed E-state index contributed by atoms with van der Waals surface area (Å²) in [6.07, 6.45) is 1.22. The Labute approximate surface area is 217 Å². The molecule has 0 radical (unpaired) electrons. The number of carboxylic acids is 1. The number of rotatable bonds is 10. The lowest BCUT2D eigenvalue weighted by Gasteiger charge is -2.27. The second kappa shape index (κ2) is 10.3. The lowest BCUT2D eigenvalue weighted by molar-refractivity contribution is -0.137. The fraction of sp³-hybridized carbons (Fsp3) is 0.481. The van der Waals surface area contributed by atoms with Crippen LogP contribution in [0, 0.1) is 18.2 Å². The predicted octanol–water partition coefficient (Wildman–Crippen LogP) is 6.77. The number of halogens is 3. The molecule has 8 nitrogen and oxygen atoms in total. The molecule has 1 aliphatic rings. The van der Waals surface area contributed by atoms with E-state index in [1.54, 1.807) is 13.0 Å². The van der Waals surface area contributed by atoms with Gasteiger partial charge in [0.1, 0.15) is 5.82 Å². The number of carbonyl (C=O) groups excluding carboxylic acids is 1. The molecule has 1 aliphatic carbocycles. The minimum Gasteiger partial charge on any atom is -0.481 e. The van der Waals surface area contributed by atoms with Gasteiger partial charge in [-0.2, -0.15) is 8.78 Å². The van der Waals surface area contributed by atoms with Gasteiger partial charge >= 0.3 is 11.9 Å². The Bertz CT molecular complexity index is 1340. The van der Waals surface area contributed by atoms with Gasteiger partial charge in [0.05, 0.1) is 11.4 Å². The van der Waals surface area contributed by atoms with Gasteiger partial charge in [-0.15, -0.1) is 0 Å². The van der Waals surface area contributed by atoms with Crippen molar-refractivity contribution in [2.45, 2.75) is 77.6 Å². The van der Waals surface area contributed by atoms with Crippen molar-refractivity contribution in [2.75, 3.05) is 5.32 Å². The summed E-state index contributed by atoms with van der Waals surface area (Å²) in [6, 6.07) is 5.53. The van der Waals surface area contributed by atoms with Crippen molar-refractivity contribution in [3.8, 4) is 11.5 Å². The van der Waals surface area contributed by atoms with Crippen LogP contribution in [0.5, 0.6) is 0 Å². The number of aromatic nitrogens is 2. The molecule has 11 heteroatoms. The van der Waals surface area contributed by atoms with Crippen LogP contribution in [0.15, 0.2) is 33.3 Å². The maximum atomic E-state index is 14.8. The molecule has 1 atom stereocenters. The first-order valence-corrected chi connectivity index (χ1v) is 12.4. The van der Waals surface area contributed by atoms with Crippen molar-refractivity contribution in [1.29, 1.82) is 0 Å². The maximum absolute atomic E-state index is 14.8. The monoisotopic (exact) mass is 533 g/mol. The number of benzene rings is 1. The number of aliphatic carboxylic acids is 1. The van der Waals surface area contributed by atoms with Crippen LogP contribution in [0.2, 0.25) is 0 Å². The number of nitrogens with one attached hydrogen (secondary N) is 1. The van der Waals surface area contributed by atoms with Crippen LogP contribution in [0.3, 0.4) is 0 Å². The summed E-state index contributed by atoms with van der Waals surface area (Å²) in [5, 5.41) is 19.8. The van der Waals surface area contributed by atoms with E-state index in [2.05, 4.69) is 15.6 Å². The van der Waals surface area contributed by atoms with Gasteiger partial charge in [-0.05, 0) is 49.8 Å². The number of amides is 1. The van der Waals surface area contributed by atoms with Crippen LogP contribution in [0.25, 0.3) is 11.5 Å². The molecule has 1 fully saturated rings. The molecule has 4 rings (SSSR count). The Balaban J connectivity index is 1.64. The van der Waals surface area contributed by atoms with Crippen molar-refractivity contribution >= 4 is 17.6 Å². The first-order valence-electron chi connectivity index (χ1n) is 12.4. The average molecular weight is 534 g/mol. The highest BCUT2D eigenvalue weighted by Crippen LogP contribution is 2.50. The Hall–Kier alpha value is -3.63. The largest absolute Gasteiger partial charge is 0.481 e. The normalized spacial score (nSPS) is 14.9. The van der Waals surface area contributed by atoms with E-state index in [9.17, 15) is 27.9 Å². The minimum atomic E-state index is -3.30. The SMILES string of the molecule is Cc1ccc(NC(=O)C[C@H](CCC(=O)O)c2noc(-c3cc(C(F)(F)C(C)(C)C)on3)c2C2CC2)c(F)c1. The van der Waals surface area contributed by atoms with Gasteiger partial charge in [-0.25, -0.2) is 4.39 Å². The van der Waals surface area contributed by atoms with Crippen molar-refractivity contribution in [3.05, 3.63) is 52.7 Å². The van der Waals surface area contributed by atoms with Crippen LogP contribution >= 0.6 is 0 Å². The van der Waals surface area contributed by atoms with Gasteiger partial charge in [0.2, 0.25) is 11.7 Å². The van der Waals surface area contributed by atoms with Crippen LogP contribution < -0.4 is 5.32 Å². The second-order valence-electron chi connectivity index (χ2n) is 10.9. The molecule has 0 spiro atoms. The van der Waals surface area contributed by atoms with Gasteiger partial charge < -0.3 is 19.5 Å². The van der Waals surface area contributed by atoms with Crippen molar-refractivity contribution in [3.63, 3.8) is 0 Å². The smallest absolute Gasteiger partial charge is 0.312 e. The average Bonchev–Trinajstić information content (AvgIpc) is 3.35. The molecular formula is C27H30F3N3O5. The third kappa shape index (κ3) is 5.76. The van der Waals surface area contributed by atoms with Crippen LogP contribution in [0.4, 0.5) is 18.9 Å². The standard InChI is InChI=1S/C27H30F3N3O5/c1-14-5-9-18(17(28)11-14)31-21(34)12-16(8-10-22(35)36)24-23(15-6-7-15)25(38-33-24)19-13-20(37-32-19)27(29,30)26(2,3)4/h5,9,11,13,15-16H,6-8,10,12H2,1-4H3,(H,31,34)(H,35,36)/t16-/m0/s1. The van der Waals surface area contributed by atoms with Crippen molar-refractivity contribution in [1.82, 2.24) is 10.3 Å². The molecule has 1 aromatic carbocycles. The lowest BCUT2D eigenvalue weighted by atomic mass is 9.86. The number of nitrogens with zero attached hydrogens (tertiary/aromatic N) is 2. The third-order valence-corrected chi connectivity index (χ3v) is 6.66. The summed E-state index contributed by atoms with van der Waals surface area (Å²) < 4.78 is 54.5. The van der Waals surface area contributed by atoms with Gasteiger partial charge in [0.25, 0.3) is 0 Å². The summed E-state index contributed by atoms with van der Waals surface area (Å²) >= 11 is 0. The molecule has 2 N–H and O–H groups in total. The zero-order chi connectivity index (χ0) is 27.8. The van der Waals surface area contributed by atoms with E-state index in [1.807, 2.05) is 0 Å². The quantitative estimate of drug-likeness (QED) is 0.295. The van der Waals surface area contributed by atoms with E-state index >= 15 is 0 Å². The third-order valence-electron chi connectivity index (χ3n) is 6.66. The fourth-order valence-electron chi connectivity index (χ4n) is 4.23. The molecule has 0 saturated heterocycles. The van der Waals surface area contributed by atoms with Crippen LogP contribution in [-0.4, -0.2) is 27.3 Å². The lowest BCUT2D eigenvalue weighted by Crippen LogP contribution is -2.30. The van der Waals surface area contributed by atoms with Gasteiger partial charge in [0.15, 0.2) is 11.5 Å². The molecule has 2 heterocycles. The van der Waals surface area contributed by atoms with Crippen molar-refractivity contribution in [2.24, 2.45) is 5.41 Å². The number of carbonyl (C=O) groups is 2.